The standard InChI is InChI=1S/C9H9ClN4/c1-2-7-3-13-14(6-7)9-5-11-8(10)4-12-9/h3-6H,2H2,1H3. The van der Waals surface area contributed by atoms with Crippen LogP contribution in [0.25, 0.3) is 5.82 Å². The molecule has 0 aliphatic carbocycles. The van der Waals surface area contributed by atoms with E-state index in [0.717, 1.165) is 6.42 Å². The lowest BCUT2D eigenvalue weighted by Gasteiger charge is -1.97. The lowest BCUT2D eigenvalue weighted by Crippen LogP contribution is -1.98. The van der Waals surface area contributed by atoms with Crippen LogP contribution in [-0.4, -0.2) is 19.7 Å². The smallest absolute Gasteiger partial charge is 0.171 e. The van der Waals surface area contributed by atoms with E-state index in [-0.39, 0.29) is 0 Å². The Kier molecular flexibility index (Phi) is 2.45. The van der Waals surface area contributed by atoms with E-state index >= 15 is 0 Å². The van der Waals surface area contributed by atoms with Gasteiger partial charge in [0.2, 0.25) is 0 Å². The van der Waals surface area contributed by atoms with E-state index in [0.29, 0.717) is 11.0 Å². The molecule has 0 unspecified atom stereocenters. The zero-order valence-electron chi connectivity index (χ0n) is 7.68. The highest BCUT2D eigenvalue weighted by molar-refractivity contribution is 6.29. The number of nitrogens with zero attached hydrogens (tertiary/aromatic N) is 4. The van der Waals surface area contributed by atoms with Gasteiger partial charge in [-0.15, -0.1) is 0 Å². The molecule has 0 radical (unpaired) electrons. The highest BCUT2D eigenvalue weighted by Crippen LogP contribution is 2.07. The Morgan fingerprint density at radius 3 is 2.71 bits per heavy atom. The van der Waals surface area contributed by atoms with Crippen molar-refractivity contribution >= 4 is 11.6 Å². The third-order valence-electron chi connectivity index (χ3n) is 1.89. The van der Waals surface area contributed by atoms with E-state index in [4.69, 9.17) is 11.6 Å². The molecule has 0 saturated heterocycles. The lowest BCUT2D eigenvalue weighted by atomic mass is 10.3. The Hall–Kier alpha value is -1.42. The molecule has 0 N–H and O–H groups in total. The molecule has 0 atom stereocenters. The summed E-state index contributed by atoms with van der Waals surface area (Å²) < 4.78 is 1.68. The van der Waals surface area contributed by atoms with Crippen molar-refractivity contribution in [3.05, 3.63) is 35.5 Å². The maximum atomic E-state index is 5.63. The van der Waals surface area contributed by atoms with Gasteiger partial charge in [-0.1, -0.05) is 18.5 Å². The molecule has 2 aromatic heterocycles. The van der Waals surface area contributed by atoms with Crippen LogP contribution in [0.4, 0.5) is 0 Å². The fraction of sp³-hybridized carbons (Fsp3) is 0.222. The molecule has 0 aromatic carbocycles. The van der Waals surface area contributed by atoms with Crippen molar-refractivity contribution in [2.45, 2.75) is 13.3 Å². The molecule has 2 rings (SSSR count). The van der Waals surface area contributed by atoms with E-state index in [1.54, 1.807) is 10.9 Å². The van der Waals surface area contributed by atoms with Crippen molar-refractivity contribution < 1.29 is 0 Å². The van der Waals surface area contributed by atoms with Crippen LogP contribution in [0.3, 0.4) is 0 Å². The average Bonchev–Trinajstić information content (AvgIpc) is 2.67. The maximum absolute atomic E-state index is 5.63. The monoisotopic (exact) mass is 208 g/mol. The van der Waals surface area contributed by atoms with Gasteiger partial charge in [-0.05, 0) is 12.0 Å². The van der Waals surface area contributed by atoms with E-state index in [9.17, 15) is 0 Å². The van der Waals surface area contributed by atoms with Crippen LogP contribution in [0.2, 0.25) is 5.15 Å². The summed E-state index contributed by atoms with van der Waals surface area (Å²) in [4.78, 5) is 8.03. The molecule has 72 valence electrons. The predicted octanol–water partition coefficient (Wildman–Crippen LogP) is 1.88. The lowest BCUT2D eigenvalue weighted by molar-refractivity contribution is 0.837. The molecule has 14 heavy (non-hydrogen) atoms. The SMILES string of the molecule is CCc1cnn(-c2cnc(Cl)cn2)c1. The van der Waals surface area contributed by atoms with Crippen LogP contribution in [-0.2, 0) is 6.42 Å². The van der Waals surface area contributed by atoms with Gasteiger partial charge in [0, 0.05) is 6.20 Å². The first-order valence-corrected chi connectivity index (χ1v) is 4.69. The molecule has 0 aliphatic rings. The van der Waals surface area contributed by atoms with Gasteiger partial charge in [0.1, 0.15) is 5.15 Å². The first kappa shape index (κ1) is 9.15. The van der Waals surface area contributed by atoms with Crippen LogP contribution in [0.1, 0.15) is 12.5 Å². The van der Waals surface area contributed by atoms with Gasteiger partial charge in [-0.25, -0.2) is 14.6 Å². The van der Waals surface area contributed by atoms with Crippen LogP contribution in [0.15, 0.2) is 24.8 Å². The summed E-state index contributed by atoms with van der Waals surface area (Å²) in [6.45, 7) is 2.08. The van der Waals surface area contributed by atoms with E-state index in [2.05, 4.69) is 22.0 Å². The number of rotatable bonds is 2. The summed E-state index contributed by atoms with van der Waals surface area (Å²) in [5, 5.41) is 4.54. The minimum absolute atomic E-state index is 0.386. The third kappa shape index (κ3) is 1.75. The molecule has 0 spiro atoms. The molecule has 5 heteroatoms. The number of aromatic nitrogens is 4. The Balaban J connectivity index is 2.34. The average molecular weight is 209 g/mol. The molecule has 0 aliphatic heterocycles. The van der Waals surface area contributed by atoms with Crippen molar-refractivity contribution in [3.8, 4) is 5.82 Å². The van der Waals surface area contributed by atoms with Gasteiger partial charge in [0.15, 0.2) is 5.82 Å². The Morgan fingerprint density at radius 1 is 1.29 bits per heavy atom. The van der Waals surface area contributed by atoms with Crippen LogP contribution < -0.4 is 0 Å². The summed E-state index contributed by atoms with van der Waals surface area (Å²) in [6, 6.07) is 0. The topological polar surface area (TPSA) is 43.6 Å². The zero-order valence-corrected chi connectivity index (χ0v) is 8.44. The van der Waals surface area contributed by atoms with Crippen LogP contribution in [0, 0.1) is 0 Å². The second-order valence-corrected chi connectivity index (χ2v) is 3.23. The molecule has 4 nitrogen and oxygen atoms in total. The summed E-state index contributed by atoms with van der Waals surface area (Å²) in [7, 11) is 0. The molecule has 2 heterocycles. The van der Waals surface area contributed by atoms with Gasteiger partial charge in [-0.2, -0.15) is 5.10 Å². The molecule has 0 fully saturated rings. The molecule has 0 bridgehead atoms. The van der Waals surface area contributed by atoms with Gasteiger partial charge < -0.3 is 0 Å². The van der Waals surface area contributed by atoms with Gasteiger partial charge >= 0.3 is 0 Å². The second-order valence-electron chi connectivity index (χ2n) is 2.84. The van der Waals surface area contributed by atoms with E-state index in [1.165, 1.54) is 11.8 Å². The maximum Gasteiger partial charge on any atom is 0.171 e. The molecule has 0 amide bonds. The van der Waals surface area contributed by atoms with Crippen molar-refractivity contribution in [2.75, 3.05) is 0 Å². The third-order valence-corrected chi connectivity index (χ3v) is 2.08. The summed E-state index contributed by atoms with van der Waals surface area (Å²) in [6.07, 6.45) is 7.80. The fourth-order valence-corrected chi connectivity index (χ4v) is 1.19. The second kappa shape index (κ2) is 3.75. The Morgan fingerprint density at radius 2 is 2.14 bits per heavy atom. The fourth-order valence-electron chi connectivity index (χ4n) is 1.09. The summed E-state index contributed by atoms with van der Waals surface area (Å²) >= 11 is 5.63. The van der Waals surface area contributed by atoms with Crippen molar-refractivity contribution in [3.63, 3.8) is 0 Å². The molecular formula is C9H9ClN4. The summed E-state index contributed by atoms with van der Waals surface area (Å²) in [5.41, 5.74) is 1.17. The molecular weight excluding hydrogens is 200 g/mol. The van der Waals surface area contributed by atoms with E-state index in [1.807, 2.05) is 12.4 Å². The van der Waals surface area contributed by atoms with Crippen LogP contribution >= 0.6 is 11.6 Å². The van der Waals surface area contributed by atoms with Crippen molar-refractivity contribution in [1.82, 2.24) is 19.7 Å². The first-order chi connectivity index (χ1) is 6.79. The van der Waals surface area contributed by atoms with Gasteiger partial charge in [-0.3, -0.25) is 0 Å². The highest BCUT2D eigenvalue weighted by Gasteiger charge is 2.00. The van der Waals surface area contributed by atoms with Crippen LogP contribution in [0.5, 0.6) is 0 Å². The molecule has 0 saturated carbocycles. The number of hydrogen-bond acceptors (Lipinski definition) is 3. The largest absolute Gasteiger partial charge is 0.239 e. The first-order valence-electron chi connectivity index (χ1n) is 4.31. The minimum atomic E-state index is 0.386. The van der Waals surface area contributed by atoms with Crippen molar-refractivity contribution in [1.29, 1.82) is 0 Å². The predicted molar refractivity (Wildman–Crippen MR) is 53.5 cm³/mol. The number of halogens is 1. The minimum Gasteiger partial charge on any atom is -0.239 e. The van der Waals surface area contributed by atoms with E-state index < -0.39 is 0 Å². The van der Waals surface area contributed by atoms with Gasteiger partial charge in [0.05, 0.1) is 18.6 Å². The Bertz CT molecular complexity index is 421. The summed E-state index contributed by atoms with van der Waals surface area (Å²) in [5.74, 6) is 0.675. The van der Waals surface area contributed by atoms with Crippen molar-refractivity contribution in [2.24, 2.45) is 0 Å². The normalized spacial score (nSPS) is 10.4. The number of aryl methyl sites for hydroxylation is 1. The molecule has 2 aromatic rings. The Labute approximate surface area is 86.6 Å². The quantitative estimate of drug-likeness (QED) is 0.757. The van der Waals surface area contributed by atoms with Gasteiger partial charge in [0.25, 0.3) is 0 Å². The zero-order chi connectivity index (χ0) is 9.97. The highest BCUT2D eigenvalue weighted by atomic mass is 35.5. The number of hydrogen-bond donors (Lipinski definition) is 0.